The van der Waals surface area contributed by atoms with E-state index in [0.29, 0.717) is 21.6 Å². The molecule has 0 bridgehead atoms. The fraction of sp³-hybridized carbons (Fsp3) is 0.148. The van der Waals surface area contributed by atoms with Crippen LogP contribution in [0.4, 0.5) is 0 Å². The summed E-state index contributed by atoms with van der Waals surface area (Å²) in [5, 5.41) is 40.8. The molecule has 1 heterocycles. The highest BCUT2D eigenvalue weighted by Crippen LogP contribution is 2.45. The van der Waals surface area contributed by atoms with Crippen molar-refractivity contribution in [3.05, 3.63) is 80.6 Å². The lowest BCUT2D eigenvalue weighted by atomic mass is 9.88. The largest absolute Gasteiger partial charge is 0.465 e. The molecule has 34 heavy (non-hydrogen) atoms. The summed E-state index contributed by atoms with van der Waals surface area (Å²) in [7, 11) is 1.28. The van der Waals surface area contributed by atoms with Gasteiger partial charge in [-0.1, -0.05) is 44.2 Å². The highest BCUT2D eigenvalue weighted by atomic mass is 32.1. The number of rotatable bonds is 5. The van der Waals surface area contributed by atoms with Crippen LogP contribution in [-0.4, -0.2) is 13.1 Å². The maximum absolute atomic E-state index is 12.7. The van der Waals surface area contributed by atoms with E-state index in [1.54, 1.807) is 29.6 Å². The SMILES string of the molecule is COC(=O)c1cc(C(=C(C#N)C#N)C(=C(C#N)C#N)c2cccs2)c2cccc(C(C)C)cc1-2. The van der Waals surface area contributed by atoms with E-state index in [2.05, 4.69) is 0 Å². The number of fused-ring (bicyclic) bond motifs is 1. The molecule has 0 aliphatic heterocycles. The monoisotopic (exact) mass is 462 g/mol. The van der Waals surface area contributed by atoms with Crippen molar-refractivity contribution < 1.29 is 9.53 Å². The van der Waals surface area contributed by atoms with Crippen LogP contribution in [0, 0.1) is 45.3 Å². The predicted octanol–water partition coefficient (Wildman–Crippen LogP) is 6.06. The Morgan fingerprint density at radius 2 is 1.50 bits per heavy atom. The van der Waals surface area contributed by atoms with Gasteiger partial charge in [-0.25, -0.2) is 4.79 Å². The molecule has 2 aliphatic carbocycles. The summed E-state index contributed by atoms with van der Waals surface area (Å²) < 4.78 is 5.00. The molecule has 0 unspecified atom stereocenters. The highest BCUT2D eigenvalue weighted by molar-refractivity contribution is 7.11. The molecule has 0 radical (unpaired) electrons. The lowest BCUT2D eigenvalue weighted by molar-refractivity contribution is 0.0602. The van der Waals surface area contributed by atoms with Crippen LogP contribution in [0.2, 0.25) is 0 Å². The lowest BCUT2D eigenvalue weighted by Crippen LogP contribution is -2.00. The third kappa shape index (κ3) is 4.30. The van der Waals surface area contributed by atoms with E-state index in [0.717, 1.165) is 5.56 Å². The number of ether oxygens (including phenoxy) is 1. The van der Waals surface area contributed by atoms with Gasteiger partial charge in [0.15, 0.2) is 0 Å². The van der Waals surface area contributed by atoms with Crippen LogP contribution in [0.5, 0.6) is 0 Å². The minimum atomic E-state index is -0.575. The Hall–Kier alpha value is -4.69. The molecule has 0 saturated heterocycles. The van der Waals surface area contributed by atoms with Crippen molar-refractivity contribution in [2.45, 2.75) is 19.8 Å². The summed E-state index contributed by atoms with van der Waals surface area (Å²) in [6.45, 7) is 4.06. The summed E-state index contributed by atoms with van der Waals surface area (Å²) in [5.74, 6) is -0.400. The van der Waals surface area contributed by atoms with Gasteiger partial charge in [0.2, 0.25) is 0 Å². The van der Waals surface area contributed by atoms with Gasteiger partial charge in [0.25, 0.3) is 0 Å². The number of thiophene rings is 1. The van der Waals surface area contributed by atoms with Crippen LogP contribution in [0.3, 0.4) is 0 Å². The second kappa shape index (κ2) is 10.3. The standard InChI is InChI=1S/C27H18N4O2S/c1-16(2)17-6-4-7-20-21(10-17)23(27(32)33-3)11-22(20)25(18(12-28)13-29)26(19(14-30)15-31)24-8-5-9-34-24/h4-11,16H,1-3H3. The molecule has 6 nitrogen and oxygen atoms in total. The number of nitrogens with zero attached hydrogens (tertiary/aromatic N) is 4. The van der Waals surface area contributed by atoms with Crippen LogP contribution in [-0.2, 0) is 4.74 Å². The third-order valence-electron chi connectivity index (χ3n) is 5.33. The molecular weight excluding hydrogens is 444 g/mol. The van der Waals surface area contributed by atoms with Gasteiger partial charge in [-0.05, 0) is 45.7 Å². The minimum absolute atomic E-state index is 0.128. The van der Waals surface area contributed by atoms with Gasteiger partial charge in [-0.15, -0.1) is 11.3 Å². The van der Waals surface area contributed by atoms with Gasteiger partial charge in [0.05, 0.1) is 12.7 Å². The number of nitriles is 4. The van der Waals surface area contributed by atoms with Crippen LogP contribution in [0.1, 0.15) is 46.1 Å². The molecule has 0 amide bonds. The molecular formula is C27H18N4O2S. The Morgan fingerprint density at radius 3 is 2.03 bits per heavy atom. The lowest BCUT2D eigenvalue weighted by Gasteiger charge is -2.12. The molecule has 7 heteroatoms. The Morgan fingerprint density at radius 1 is 0.853 bits per heavy atom. The van der Waals surface area contributed by atoms with Crippen LogP contribution < -0.4 is 0 Å². The second-order valence-corrected chi connectivity index (χ2v) is 8.49. The summed E-state index contributed by atoms with van der Waals surface area (Å²) in [6.07, 6.45) is 0. The zero-order valence-corrected chi connectivity index (χ0v) is 19.5. The van der Waals surface area contributed by atoms with Crippen molar-refractivity contribution in [1.29, 1.82) is 21.0 Å². The van der Waals surface area contributed by atoms with Crippen LogP contribution >= 0.6 is 11.3 Å². The first-order chi connectivity index (χ1) is 16.4. The molecule has 1 aromatic heterocycles. The number of esters is 1. The van der Waals surface area contributed by atoms with E-state index >= 15 is 0 Å². The summed E-state index contributed by atoms with van der Waals surface area (Å²) >= 11 is 1.27. The zero-order chi connectivity index (χ0) is 24.8. The smallest absolute Gasteiger partial charge is 0.338 e. The third-order valence-corrected chi connectivity index (χ3v) is 6.22. The molecule has 1 aromatic rings. The summed E-state index contributed by atoms with van der Waals surface area (Å²) in [5.41, 5.74) is 2.61. The fourth-order valence-electron chi connectivity index (χ4n) is 3.70. The molecule has 3 rings (SSSR count). The van der Waals surface area contributed by atoms with E-state index in [4.69, 9.17) is 4.74 Å². The number of methoxy groups -OCH3 is 1. The summed E-state index contributed by atoms with van der Waals surface area (Å²) in [4.78, 5) is 13.3. The Bertz CT molecular complexity index is 1430. The van der Waals surface area contributed by atoms with E-state index in [1.165, 1.54) is 18.4 Å². The predicted molar refractivity (Wildman–Crippen MR) is 129 cm³/mol. The molecule has 0 N–H and O–H groups in total. The Labute approximate surface area is 201 Å². The molecule has 164 valence electrons. The topological polar surface area (TPSA) is 121 Å². The second-order valence-electron chi connectivity index (χ2n) is 7.54. The van der Waals surface area contributed by atoms with Crippen LogP contribution in [0.15, 0.2) is 59.0 Å². The number of carbonyl (C=O) groups excluding carboxylic acids is 1. The molecule has 0 aromatic carbocycles. The number of carbonyl (C=O) groups is 1. The molecule has 0 spiro atoms. The maximum Gasteiger partial charge on any atom is 0.338 e. The van der Waals surface area contributed by atoms with Gasteiger partial charge < -0.3 is 4.74 Å². The number of hydrogen-bond donors (Lipinski definition) is 0. The molecule has 0 fully saturated rings. The van der Waals surface area contributed by atoms with Crippen LogP contribution in [0.25, 0.3) is 22.3 Å². The quantitative estimate of drug-likeness (QED) is 0.258. The minimum Gasteiger partial charge on any atom is -0.465 e. The van der Waals surface area contributed by atoms with E-state index in [1.807, 2.05) is 56.3 Å². The van der Waals surface area contributed by atoms with Gasteiger partial charge in [-0.3, -0.25) is 0 Å². The summed E-state index contributed by atoms with van der Waals surface area (Å²) in [6, 6.07) is 20.1. The Kier molecular flexibility index (Phi) is 7.25. The average Bonchev–Trinajstić information content (AvgIpc) is 3.43. The van der Waals surface area contributed by atoms with Crippen molar-refractivity contribution in [1.82, 2.24) is 0 Å². The van der Waals surface area contributed by atoms with Gasteiger partial charge in [0, 0.05) is 16.0 Å². The van der Waals surface area contributed by atoms with E-state index < -0.39 is 5.97 Å². The van der Waals surface area contributed by atoms with Crippen molar-refractivity contribution in [2.75, 3.05) is 7.11 Å². The van der Waals surface area contributed by atoms with Crippen molar-refractivity contribution in [2.24, 2.45) is 0 Å². The first kappa shape index (κ1) is 24.0. The van der Waals surface area contributed by atoms with Gasteiger partial charge in [-0.2, -0.15) is 21.0 Å². The normalized spacial score (nSPS) is 9.88. The molecule has 0 atom stereocenters. The van der Waals surface area contributed by atoms with E-state index in [-0.39, 0.29) is 33.8 Å². The van der Waals surface area contributed by atoms with Crippen molar-refractivity contribution in [3.63, 3.8) is 0 Å². The highest BCUT2D eigenvalue weighted by Gasteiger charge is 2.29. The number of allylic oxidation sites excluding steroid dienone is 4. The maximum atomic E-state index is 12.7. The fourth-order valence-corrected chi connectivity index (χ4v) is 4.48. The molecule has 0 saturated carbocycles. The van der Waals surface area contributed by atoms with E-state index in [9.17, 15) is 25.8 Å². The zero-order valence-electron chi connectivity index (χ0n) is 18.7. The molecule has 2 aliphatic rings. The van der Waals surface area contributed by atoms with Gasteiger partial charge >= 0.3 is 5.97 Å². The average molecular weight is 463 g/mol. The number of hydrogen-bond acceptors (Lipinski definition) is 7. The van der Waals surface area contributed by atoms with Crippen molar-refractivity contribution in [3.8, 4) is 35.4 Å². The Balaban J connectivity index is 2.54. The first-order valence-corrected chi connectivity index (χ1v) is 11.1. The first-order valence-electron chi connectivity index (χ1n) is 10.2. The van der Waals surface area contributed by atoms with Gasteiger partial charge in [0.1, 0.15) is 35.4 Å². The van der Waals surface area contributed by atoms with Crippen molar-refractivity contribution >= 4 is 28.5 Å².